The molecule has 0 bridgehead atoms. The molecule has 1 aliphatic rings. The number of carbonyl (C=O) groups excluding carboxylic acids is 3. The highest BCUT2D eigenvalue weighted by atomic mass is 16.6. The van der Waals surface area contributed by atoms with E-state index < -0.39 is 30.1 Å². The Morgan fingerprint density at radius 2 is 2.00 bits per heavy atom. The normalized spacial score (nSPS) is 24.3. The summed E-state index contributed by atoms with van der Waals surface area (Å²) in [6.45, 7) is 0.107. The number of hydrogen-bond acceptors (Lipinski definition) is 6. The summed E-state index contributed by atoms with van der Waals surface area (Å²) in [4.78, 5) is 34.5. The van der Waals surface area contributed by atoms with Gasteiger partial charge in [-0.15, -0.1) is 0 Å². The number of ether oxygens (including phenoxy) is 3. The van der Waals surface area contributed by atoms with Gasteiger partial charge in [0.2, 0.25) is 0 Å². The first-order valence-corrected chi connectivity index (χ1v) is 6.55. The number of hydrogen-bond donors (Lipinski definition) is 0. The highest BCUT2D eigenvalue weighted by molar-refractivity contribution is 5.85. The quantitative estimate of drug-likeness (QED) is 0.592. The van der Waals surface area contributed by atoms with Gasteiger partial charge in [0, 0.05) is 0 Å². The van der Waals surface area contributed by atoms with Crippen LogP contribution >= 0.6 is 0 Å². The predicted octanol–water partition coefficient (Wildman–Crippen LogP) is 0.875. The van der Waals surface area contributed by atoms with Crippen LogP contribution in [0.1, 0.15) is 12.0 Å². The lowest BCUT2D eigenvalue weighted by molar-refractivity contribution is -0.164. The summed E-state index contributed by atoms with van der Waals surface area (Å²) in [5, 5.41) is 0. The van der Waals surface area contributed by atoms with Crippen LogP contribution in [0.5, 0.6) is 0 Å². The number of methoxy groups -OCH3 is 1. The number of rotatable bonds is 5. The van der Waals surface area contributed by atoms with Crippen LogP contribution in [0.15, 0.2) is 30.3 Å². The van der Waals surface area contributed by atoms with Gasteiger partial charge in [0.05, 0.1) is 13.0 Å². The van der Waals surface area contributed by atoms with Gasteiger partial charge in [-0.3, -0.25) is 4.79 Å². The van der Waals surface area contributed by atoms with Crippen molar-refractivity contribution in [2.45, 2.75) is 25.2 Å². The molecule has 112 valence electrons. The molecule has 0 aliphatic carbocycles. The predicted molar refractivity (Wildman–Crippen MR) is 71.1 cm³/mol. The van der Waals surface area contributed by atoms with E-state index in [1.54, 1.807) is 0 Å². The second-order valence-corrected chi connectivity index (χ2v) is 4.69. The summed E-state index contributed by atoms with van der Waals surface area (Å²) in [6.07, 6.45) is -1.19. The van der Waals surface area contributed by atoms with Crippen LogP contribution in [0.4, 0.5) is 0 Å². The fourth-order valence-corrected chi connectivity index (χ4v) is 2.19. The summed E-state index contributed by atoms with van der Waals surface area (Å²) >= 11 is 0. The van der Waals surface area contributed by atoms with Crippen molar-refractivity contribution in [1.82, 2.24) is 0 Å². The molecule has 0 radical (unpaired) electrons. The van der Waals surface area contributed by atoms with E-state index in [0.29, 0.717) is 6.29 Å². The van der Waals surface area contributed by atoms with Gasteiger partial charge in [-0.1, -0.05) is 30.3 Å². The third kappa shape index (κ3) is 3.66. The molecule has 21 heavy (non-hydrogen) atoms. The van der Waals surface area contributed by atoms with Crippen molar-refractivity contribution in [1.29, 1.82) is 0 Å². The van der Waals surface area contributed by atoms with Crippen LogP contribution < -0.4 is 0 Å². The van der Waals surface area contributed by atoms with E-state index in [9.17, 15) is 14.4 Å². The third-order valence-electron chi connectivity index (χ3n) is 3.29. The van der Waals surface area contributed by atoms with E-state index >= 15 is 0 Å². The second kappa shape index (κ2) is 6.99. The van der Waals surface area contributed by atoms with E-state index in [0.717, 1.165) is 5.56 Å². The molecule has 6 heteroatoms. The molecule has 1 unspecified atom stereocenters. The fraction of sp³-hybridized carbons (Fsp3) is 0.400. The van der Waals surface area contributed by atoms with E-state index in [4.69, 9.17) is 9.47 Å². The van der Waals surface area contributed by atoms with Crippen LogP contribution in [-0.4, -0.2) is 37.5 Å². The van der Waals surface area contributed by atoms with Gasteiger partial charge < -0.3 is 19.0 Å². The molecule has 0 spiro atoms. The molecule has 1 fully saturated rings. The van der Waals surface area contributed by atoms with Crippen LogP contribution in [0, 0.1) is 5.92 Å². The van der Waals surface area contributed by atoms with Gasteiger partial charge in [0.15, 0.2) is 6.10 Å². The minimum Gasteiger partial charge on any atom is -0.467 e. The molecule has 3 atom stereocenters. The zero-order valence-electron chi connectivity index (χ0n) is 11.6. The van der Waals surface area contributed by atoms with Gasteiger partial charge in [-0.05, 0) is 12.0 Å². The summed E-state index contributed by atoms with van der Waals surface area (Å²) in [6, 6.07) is 9.18. The molecule has 0 aromatic heterocycles. The minimum absolute atomic E-state index is 0.107. The number of esters is 2. The Labute approximate surface area is 122 Å². The Balaban J connectivity index is 1.99. The van der Waals surface area contributed by atoms with Crippen molar-refractivity contribution < 1.29 is 28.6 Å². The van der Waals surface area contributed by atoms with Crippen LogP contribution in [0.25, 0.3) is 0 Å². The van der Waals surface area contributed by atoms with E-state index in [1.807, 2.05) is 30.3 Å². The van der Waals surface area contributed by atoms with Gasteiger partial charge in [0.1, 0.15) is 19.0 Å². The van der Waals surface area contributed by atoms with E-state index in [1.165, 1.54) is 7.11 Å². The largest absolute Gasteiger partial charge is 0.467 e. The van der Waals surface area contributed by atoms with Gasteiger partial charge in [-0.25, -0.2) is 4.79 Å². The van der Waals surface area contributed by atoms with Crippen LogP contribution in [0.2, 0.25) is 0 Å². The fourth-order valence-electron chi connectivity index (χ4n) is 2.19. The molecule has 1 aromatic carbocycles. The zero-order chi connectivity index (χ0) is 15.2. The summed E-state index contributed by atoms with van der Waals surface area (Å²) in [7, 11) is 1.20. The number of benzene rings is 1. The van der Waals surface area contributed by atoms with Gasteiger partial charge in [0.25, 0.3) is 0 Å². The minimum atomic E-state index is -1.09. The first-order chi connectivity index (χ1) is 10.2. The maximum atomic E-state index is 12.1. The molecule has 1 saturated heterocycles. The maximum absolute atomic E-state index is 12.1. The van der Waals surface area contributed by atoms with Crippen molar-refractivity contribution in [3.8, 4) is 0 Å². The van der Waals surface area contributed by atoms with Gasteiger partial charge in [-0.2, -0.15) is 0 Å². The number of carbonyl (C=O) groups is 3. The van der Waals surface area contributed by atoms with Crippen molar-refractivity contribution >= 4 is 18.2 Å². The highest BCUT2D eigenvalue weighted by Gasteiger charge is 2.45. The van der Waals surface area contributed by atoms with E-state index in [2.05, 4.69) is 4.74 Å². The van der Waals surface area contributed by atoms with Gasteiger partial charge >= 0.3 is 11.9 Å². The molecular weight excluding hydrogens is 276 g/mol. The molecule has 0 saturated carbocycles. The smallest absolute Gasteiger partial charge is 0.335 e. The Morgan fingerprint density at radius 1 is 1.29 bits per heavy atom. The molecule has 2 rings (SSSR count). The van der Waals surface area contributed by atoms with Crippen LogP contribution in [-0.2, 0) is 35.2 Å². The number of aldehydes is 1. The first-order valence-electron chi connectivity index (χ1n) is 6.55. The lowest BCUT2D eigenvalue weighted by Crippen LogP contribution is -2.33. The maximum Gasteiger partial charge on any atom is 0.335 e. The Hall–Kier alpha value is -2.21. The molecule has 1 aliphatic heterocycles. The summed E-state index contributed by atoms with van der Waals surface area (Å²) in [5.74, 6) is -2.07. The molecule has 0 amide bonds. The van der Waals surface area contributed by atoms with Crippen molar-refractivity contribution in [3.63, 3.8) is 0 Å². The molecule has 1 heterocycles. The lowest BCUT2D eigenvalue weighted by Gasteiger charge is -2.15. The highest BCUT2D eigenvalue weighted by Crippen LogP contribution is 2.28. The second-order valence-electron chi connectivity index (χ2n) is 4.69. The molecule has 1 aromatic rings. The van der Waals surface area contributed by atoms with Crippen molar-refractivity contribution in [3.05, 3.63) is 35.9 Å². The van der Waals surface area contributed by atoms with Crippen molar-refractivity contribution in [2.75, 3.05) is 7.11 Å². The summed E-state index contributed by atoms with van der Waals surface area (Å²) in [5.41, 5.74) is 0.839. The SMILES string of the molecule is COC(=O)[C@H]1OC(C=O)C[C@@H]1C(=O)OCc1ccccc1. The average molecular weight is 292 g/mol. The topological polar surface area (TPSA) is 78.9 Å². The molecule has 0 N–H and O–H groups in total. The Morgan fingerprint density at radius 3 is 2.62 bits per heavy atom. The monoisotopic (exact) mass is 292 g/mol. The lowest BCUT2D eigenvalue weighted by atomic mass is 10.00. The van der Waals surface area contributed by atoms with E-state index in [-0.39, 0.29) is 13.0 Å². The first kappa shape index (κ1) is 15.2. The standard InChI is InChI=1S/C15H16O6/c1-19-15(18)13-12(7-11(8-16)21-13)14(17)20-9-10-5-3-2-4-6-10/h2-6,8,11-13H,7,9H2,1H3/t11?,12-,13-/m0/s1. The Bertz CT molecular complexity index is 512. The molecular formula is C15H16O6. The van der Waals surface area contributed by atoms with Crippen LogP contribution in [0.3, 0.4) is 0 Å². The zero-order valence-corrected chi connectivity index (χ0v) is 11.6. The van der Waals surface area contributed by atoms with Crippen molar-refractivity contribution in [2.24, 2.45) is 5.92 Å². The Kier molecular flexibility index (Phi) is 5.05. The summed E-state index contributed by atoms with van der Waals surface area (Å²) < 4.78 is 15.0. The molecule has 6 nitrogen and oxygen atoms in total. The third-order valence-corrected chi connectivity index (χ3v) is 3.29. The average Bonchev–Trinajstić information content (AvgIpc) is 2.97.